The van der Waals surface area contributed by atoms with Crippen LogP contribution in [0.2, 0.25) is 0 Å². The largest absolute Gasteiger partial charge is 0.229 e. The molecule has 146 valence electrons. The molecule has 0 aliphatic carbocycles. The summed E-state index contributed by atoms with van der Waals surface area (Å²) in [6.45, 7) is 2.00. The summed E-state index contributed by atoms with van der Waals surface area (Å²) in [5.41, 5.74) is 5.22. The van der Waals surface area contributed by atoms with E-state index in [2.05, 4.69) is 41.5 Å². The first-order valence-corrected chi connectivity index (χ1v) is 9.98. The van der Waals surface area contributed by atoms with Gasteiger partial charge in [-0.15, -0.1) is 0 Å². The Morgan fingerprint density at radius 1 is 0.800 bits per heavy atom. The first-order chi connectivity index (χ1) is 14.8. The lowest BCUT2D eigenvalue weighted by Crippen LogP contribution is -1.98. The predicted octanol–water partition coefficient (Wildman–Crippen LogP) is 6.81. The van der Waals surface area contributed by atoms with E-state index in [-0.39, 0.29) is 0 Å². The van der Waals surface area contributed by atoms with Crippen LogP contribution in [-0.4, -0.2) is 15.3 Å². The highest BCUT2D eigenvalue weighted by molar-refractivity contribution is 6.10. The zero-order chi connectivity index (χ0) is 20.6. The van der Waals surface area contributed by atoms with Crippen molar-refractivity contribution in [2.24, 2.45) is 4.99 Å². The van der Waals surface area contributed by atoms with Crippen molar-refractivity contribution in [3.63, 3.8) is 0 Å². The summed E-state index contributed by atoms with van der Waals surface area (Å²) >= 11 is 0. The fourth-order valence-electron chi connectivity index (χ4n) is 3.21. The van der Waals surface area contributed by atoms with Gasteiger partial charge in [-0.05, 0) is 42.3 Å². The van der Waals surface area contributed by atoms with Gasteiger partial charge in [0, 0.05) is 5.56 Å². The number of hydrogen-bond donors (Lipinski definition) is 0. The third kappa shape index (κ3) is 4.53. The van der Waals surface area contributed by atoms with Gasteiger partial charge in [0.2, 0.25) is 0 Å². The molecule has 0 fully saturated rings. The molecule has 0 bridgehead atoms. The first-order valence-electron chi connectivity index (χ1n) is 9.98. The van der Waals surface area contributed by atoms with Crippen LogP contribution in [0.25, 0.3) is 16.6 Å². The molecule has 2 aromatic heterocycles. The Bertz CT molecular complexity index is 1230. The zero-order valence-corrected chi connectivity index (χ0v) is 16.9. The molecule has 0 unspecified atom stereocenters. The monoisotopic (exact) mass is 389 g/mol. The highest BCUT2D eigenvalue weighted by Gasteiger charge is 2.08. The highest BCUT2D eigenvalue weighted by Crippen LogP contribution is 2.27. The number of nitrogens with zero attached hydrogens (tertiary/aromatic N) is 3. The van der Waals surface area contributed by atoms with Crippen molar-refractivity contribution in [3.05, 3.63) is 127 Å². The molecule has 0 radical (unpaired) electrons. The van der Waals surface area contributed by atoms with Gasteiger partial charge in [0.1, 0.15) is 0 Å². The molecule has 2 aromatic carbocycles. The normalized spacial score (nSPS) is 12.6. The van der Waals surface area contributed by atoms with Gasteiger partial charge in [-0.1, -0.05) is 91.0 Å². The maximum atomic E-state index is 5.01. The van der Waals surface area contributed by atoms with Crippen molar-refractivity contribution < 1.29 is 0 Å². The van der Waals surface area contributed by atoms with Crippen LogP contribution in [0.4, 0.5) is 5.82 Å². The Morgan fingerprint density at radius 3 is 2.30 bits per heavy atom. The summed E-state index contributed by atoms with van der Waals surface area (Å²) in [5, 5.41) is 4.48. The summed E-state index contributed by atoms with van der Waals surface area (Å²) in [5.74, 6) is 0.789. The number of hydrogen-bond acceptors (Lipinski definition) is 2. The summed E-state index contributed by atoms with van der Waals surface area (Å²) in [4.78, 5) is 5.01. The van der Waals surface area contributed by atoms with E-state index in [0.29, 0.717) is 0 Å². The Kier molecular flexibility index (Phi) is 6.11. The maximum Gasteiger partial charge on any atom is 0.155 e. The molecule has 3 heteroatoms. The molecule has 0 amide bonds. The minimum Gasteiger partial charge on any atom is -0.229 e. The fraction of sp³-hybridized carbons (Fsp3) is 0.0370. The van der Waals surface area contributed by atoms with Crippen molar-refractivity contribution in [1.29, 1.82) is 0 Å². The number of allylic oxidation sites excluding steroid dienone is 6. The lowest BCUT2D eigenvalue weighted by atomic mass is 10.1. The molecule has 0 atom stereocenters. The van der Waals surface area contributed by atoms with E-state index in [0.717, 1.165) is 33.7 Å². The lowest BCUT2D eigenvalue weighted by Gasteiger charge is -2.08. The van der Waals surface area contributed by atoms with Gasteiger partial charge in [-0.2, -0.15) is 5.10 Å². The molecule has 0 saturated heterocycles. The fourth-order valence-corrected chi connectivity index (χ4v) is 3.21. The van der Waals surface area contributed by atoms with E-state index in [1.54, 1.807) is 6.20 Å². The molecule has 30 heavy (non-hydrogen) atoms. The van der Waals surface area contributed by atoms with E-state index in [1.165, 1.54) is 0 Å². The van der Waals surface area contributed by atoms with E-state index in [4.69, 9.17) is 4.99 Å². The van der Waals surface area contributed by atoms with Crippen molar-refractivity contribution >= 4 is 17.0 Å². The number of benzene rings is 2. The Labute approximate surface area is 177 Å². The topological polar surface area (TPSA) is 29.7 Å². The minimum atomic E-state index is 0.789. The molecule has 3 nitrogen and oxygen atoms in total. The van der Waals surface area contributed by atoms with E-state index in [9.17, 15) is 0 Å². The number of aliphatic imine (C=N–C) groups is 1. The number of aromatic nitrogens is 2. The molecule has 0 aliphatic rings. The summed E-state index contributed by atoms with van der Waals surface area (Å²) in [6, 6.07) is 26.8. The summed E-state index contributed by atoms with van der Waals surface area (Å²) in [7, 11) is 0. The van der Waals surface area contributed by atoms with Crippen molar-refractivity contribution in [3.8, 4) is 11.1 Å². The van der Waals surface area contributed by atoms with Gasteiger partial charge in [0.05, 0.1) is 17.4 Å². The van der Waals surface area contributed by atoms with Crippen LogP contribution in [0.5, 0.6) is 0 Å². The third-order valence-electron chi connectivity index (χ3n) is 4.67. The Morgan fingerprint density at radius 2 is 1.53 bits per heavy atom. The highest BCUT2D eigenvalue weighted by atomic mass is 15.3. The molecule has 4 rings (SSSR count). The molecular formula is C27H23N3. The van der Waals surface area contributed by atoms with Crippen LogP contribution in [0.3, 0.4) is 0 Å². The van der Waals surface area contributed by atoms with Crippen molar-refractivity contribution in [1.82, 2.24) is 9.61 Å². The quantitative estimate of drug-likeness (QED) is 0.263. The second kappa shape index (κ2) is 9.48. The number of pyridine rings is 1. The molecule has 0 aliphatic heterocycles. The molecule has 0 saturated carbocycles. The second-order valence-electron chi connectivity index (χ2n) is 6.77. The van der Waals surface area contributed by atoms with Crippen LogP contribution < -0.4 is 0 Å². The molecule has 4 aromatic rings. The number of rotatable bonds is 6. The Balaban J connectivity index is 1.83. The van der Waals surface area contributed by atoms with Gasteiger partial charge >= 0.3 is 0 Å². The number of fused-ring (bicyclic) bond motifs is 1. The minimum absolute atomic E-state index is 0.789. The Hall–Kier alpha value is -3.98. The standard InChI is InChI=1S/C27H23N3/c1-2-3-4-5-12-17-26(23-15-10-7-11-16-23)29-27-21-24(22-13-8-6-9-14-22)20-25-18-19-28-30(25)27/h2-21H,1H3/b3-2-,5-4-,17-12+,29-26+. The molecule has 0 spiro atoms. The summed E-state index contributed by atoms with van der Waals surface area (Å²) < 4.78 is 1.87. The molecular weight excluding hydrogens is 366 g/mol. The average Bonchev–Trinajstić information content (AvgIpc) is 3.28. The SMILES string of the molecule is C\C=C/C=C\C=C\C(=N/c1cc(-c2ccccc2)cc2ccnn12)c1ccccc1. The average molecular weight is 390 g/mol. The van der Waals surface area contributed by atoms with Gasteiger partial charge in [0.25, 0.3) is 0 Å². The van der Waals surface area contributed by atoms with Crippen molar-refractivity contribution in [2.45, 2.75) is 6.92 Å². The van der Waals surface area contributed by atoms with Gasteiger partial charge in [0.15, 0.2) is 5.82 Å². The maximum absolute atomic E-state index is 5.01. The first kappa shape index (κ1) is 19.3. The van der Waals surface area contributed by atoms with Crippen LogP contribution in [-0.2, 0) is 0 Å². The van der Waals surface area contributed by atoms with Crippen LogP contribution in [0.15, 0.2) is 127 Å². The van der Waals surface area contributed by atoms with Gasteiger partial charge < -0.3 is 0 Å². The molecule has 2 heterocycles. The smallest absolute Gasteiger partial charge is 0.155 e. The van der Waals surface area contributed by atoms with Crippen LogP contribution >= 0.6 is 0 Å². The zero-order valence-electron chi connectivity index (χ0n) is 16.9. The van der Waals surface area contributed by atoms with Crippen molar-refractivity contribution in [2.75, 3.05) is 0 Å². The van der Waals surface area contributed by atoms with Crippen LogP contribution in [0, 0.1) is 0 Å². The van der Waals surface area contributed by atoms with E-state index in [1.807, 2.05) is 90.4 Å². The lowest BCUT2D eigenvalue weighted by molar-refractivity contribution is 0.958. The summed E-state index contributed by atoms with van der Waals surface area (Å²) in [6.07, 6.45) is 13.8. The van der Waals surface area contributed by atoms with E-state index < -0.39 is 0 Å². The van der Waals surface area contributed by atoms with Crippen LogP contribution in [0.1, 0.15) is 12.5 Å². The third-order valence-corrected chi connectivity index (χ3v) is 4.67. The molecule has 0 N–H and O–H groups in total. The predicted molar refractivity (Wildman–Crippen MR) is 126 cm³/mol. The van der Waals surface area contributed by atoms with Gasteiger partial charge in [-0.25, -0.2) is 9.51 Å². The van der Waals surface area contributed by atoms with E-state index >= 15 is 0 Å². The van der Waals surface area contributed by atoms with Gasteiger partial charge in [-0.3, -0.25) is 0 Å². The second-order valence-corrected chi connectivity index (χ2v) is 6.77.